The van der Waals surface area contributed by atoms with Gasteiger partial charge in [0.05, 0.1) is 0 Å². The van der Waals surface area contributed by atoms with Crippen molar-refractivity contribution in [3.8, 4) is 0 Å². The number of ketones is 1. The van der Waals surface area contributed by atoms with Crippen molar-refractivity contribution in [3.05, 3.63) is 52.8 Å². The highest BCUT2D eigenvalue weighted by molar-refractivity contribution is 8.22. The number of rotatable bonds is 8. The van der Waals surface area contributed by atoms with Crippen molar-refractivity contribution >= 4 is 16.7 Å². The summed E-state index contributed by atoms with van der Waals surface area (Å²) in [6.45, 7) is 2.21. The van der Waals surface area contributed by atoms with Crippen LogP contribution in [0.5, 0.6) is 0 Å². The molecule has 108 valence electrons. The largest absolute Gasteiger partial charge is 0.294 e. The Hall–Kier alpha value is -1.28. The summed E-state index contributed by atoms with van der Waals surface area (Å²) in [7, 11) is -0.262. The van der Waals surface area contributed by atoms with E-state index in [1.807, 2.05) is 12.1 Å². The van der Waals surface area contributed by atoms with Crippen LogP contribution in [-0.4, -0.2) is 5.78 Å². The van der Waals surface area contributed by atoms with E-state index in [9.17, 15) is 4.79 Å². The lowest BCUT2D eigenvalue weighted by atomic mass is 10.0. The zero-order valence-corrected chi connectivity index (χ0v) is 13.1. The molecule has 0 radical (unpaired) electrons. The summed E-state index contributed by atoms with van der Waals surface area (Å²) >= 11 is 0. The van der Waals surface area contributed by atoms with E-state index in [-0.39, 0.29) is 10.9 Å². The molecule has 0 spiro atoms. The molecule has 20 heavy (non-hydrogen) atoms. The fraction of sp³-hybridized carbons (Fsp3) is 0.389. The Morgan fingerprint density at radius 1 is 0.950 bits per heavy atom. The molecule has 1 aromatic rings. The van der Waals surface area contributed by atoms with Gasteiger partial charge >= 0.3 is 0 Å². The zero-order chi connectivity index (χ0) is 14.2. The molecule has 1 aliphatic heterocycles. The summed E-state index contributed by atoms with van der Waals surface area (Å²) in [6, 6.07) is 8.20. The molecule has 2 rings (SSSR count). The third-order valence-corrected chi connectivity index (χ3v) is 5.48. The van der Waals surface area contributed by atoms with Crippen LogP contribution < -0.4 is 0 Å². The molecule has 2 heteroatoms. The van der Waals surface area contributed by atoms with Crippen LogP contribution in [0, 0.1) is 0 Å². The van der Waals surface area contributed by atoms with Gasteiger partial charge in [-0.25, -0.2) is 0 Å². The molecule has 0 saturated heterocycles. The summed E-state index contributed by atoms with van der Waals surface area (Å²) in [5, 5.41) is 4.47. The van der Waals surface area contributed by atoms with Gasteiger partial charge in [0.2, 0.25) is 0 Å². The molecule has 0 amide bonds. The average molecular weight is 288 g/mol. The fourth-order valence-corrected chi connectivity index (χ4v) is 3.87. The van der Waals surface area contributed by atoms with Crippen LogP contribution in [0.4, 0.5) is 0 Å². The quantitative estimate of drug-likeness (QED) is 0.372. The van der Waals surface area contributed by atoms with E-state index in [2.05, 4.69) is 42.0 Å². The normalized spacial score (nSPS) is 14.9. The van der Waals surface area contributed by atoms with E-state index in [1.54, 1.807) is 0 Å². The van der Waals surface area contributed by atoms with Gasteiger partial charge in [-0.1, -0.05) is 56.9 Å². The Bertz CT molecular complexity index is 473. The first-order valence-electron chi connectivity index (χ1n) is 7.58. The third-order valence-electron chi connectivity index (χ3n) is 3.60. The second-order valence-electron chi connectivity index (χ2n) is 5.22. The number of unbranched alkanes of at least 4 members (excludes halogenated alkanes) is 4. The predicted octanol–water partition coefficient (Wildman–Crippen LogP) is 5.63. The first-order valence-corrected chi connectivity index (χ1v) is 9.06. The van der Waals surface area contributed by atoms with E-state index in [1.165, 1.54) is 30.6 Å². The average Bonchev–Trinajstić information content (AvgIpc) is 3.01. The van der Waals surface area contributed by atoms with Crippen LogP contribution in [0.15, 0.2) is 52.1 Å². The lowest BCUT2D eigenvalue weighted by Gasteiger charge is -2.10. The maximum atomic E-state index is 12.1. The van der Waals surface area contributed by atoms with Gasteiger partial charge in [-0.05, 0) is 34.3 Å². The number of benzene rings is 1. The van der Waals surface area contributed by atoms with Gasteiger partial charge in [-0.2, -0.15) is 10.9 Å². The van der Waals surface area contributed by atoms with Crippen LogP contribution >= 0.6 is 10.9 Å². The standard InChI is InChI=1S/C18H24OS/c1-2-3-4-5-6-9-18(19)16-10-12-17(13-11-16)20-14-7-8-15-20/h7-8,10-15,20H,2-6,9H2,1H3. The summed E-state index contributed by atoms with van der Waals surface area (Å²) in [6.07, 6.45) is 10.9. The fourth-order valence-electron chi connectivity index (χ4n) is 2.36. The van der Waals surface area contributed by atoms with Crippen molar-refractivity contribution in [3.63, 3.8) is 0 Å². The molecule has 1 nitrogen and oxygen atoms in total. The van der Waals surface area contributed by atoms with Crippen LogP contribution in [0.2, 0.25) is 0 Å². The maximum absolute atomic E-state index is 12.1. The van der Waals surface area contributed by atoms with Crippen LogP contribution in [0.1, 0.15) is 55.8 Å². The number of hydrogen-bond donors (Lipinski definition) is 1. The van der Waals surface area contributed by atoms with Crippen molar-refractivity contribution in [2.75, 3.05) is 0 Å². The summed E-state index contributed by atoms with van der Waals surface area (Å²) in [5.74, 6) is 0.290. The zero-order valence-electron chi connectivity index (χ0n) is 12.2. The third kappa shape index (κ3) is 4.38. The van der Waals surface area contributed by atoms with Crippen molar-refractivity contribution in [2.45, 2.75) is 50.3 Å². The highest BCUT2D eigenvalue weighted by atomic mass is 32.2. The maximum Gasteiger partial charge on any atom is 0.162 e. The molecular weight excluding hydrogens is 264 g/mol. The highest BCUT2D eigenvalue weighted by Crippen LogP contribution is 2.41. The number of hydrogen-bond acceptors (Lipinski definition) is 1. The van der Waals surface area contributed by atoms with Crippen molar-refractivity contribution in [1.82, 2.24) is 0 Å². The summed E-state index contributed by atoms with van der Waals surface area (Å²) in [5.41, 5.74) is 0.867. The van der Waals surface area contributed by atoms with Gasteiger partial charge in [-0.15, -0.1) is 0 Å². The molecule has 0 aliphatic carbocycles. The molecule has 1 aromatic carbocycles. The highest BCUT2D eigenvalue weighted by Gasteiger charge is 2.07. The molecule has 0 bridgehead atoms. The van der Waals surface area contributed by atoms with Crippen molar-refractivity contribution in [2.24, 2.45) is 0 Å². The van der Waals surface area contributed by atoms with Gasteiger partial charge in [0.25, 0.3) is 0 Å². The molecule has 1 heterocycles. The number of thiol groups is 1. The van der Waals surface area contributed by atoms with Gasteiger partial charge < -0.3 is 0 Å². The van der Waals surface area contributed by atoms with E-state index in [0.717, 1.165) is 12.0 Å². The molecule has 0 atom stereocenters. The first-order chi connectivity index (χ1) is 9.81. The summed E-state index contributed by atoms with van der Waals surface area (Å²) < 4.78 is 0. The smallest absolute Gasteiger partial charge is 0.162 e. The van der Waals surface area contributed by atoms with Crippen molar-refractivity contribution in [1.29, 1.82) is 0 Å². The minimum atomic E-state index is -0.262. The molecule has 0 fully saturated rings. The molecule has 0 N–H and O–H groups in total. The molecule has 0 saturated carbocycles. The Balaban J connectivity index is 1.81. The number of allylic oxidation sites excluding steroid dienone is 2. The topological polar surface area (TPSA) is 17.1 Å². The lowest BCUT2D eigenvalue weighted by Crippen LogP contribution is -1.98. The number of Topliss-reactive ketones (excluding diaryl/α,β-unsaturated/α-hetero) is 1. The SMILES string of the molecule is CCCCCCCC(=O)c1ccc([SH]2C=CC=C2)cc1. The Kier molecular flexibility index (Phi) is 6.13. The van der Waals surface area contributed by atoms with Crippen LogP contribution in [-0.2, 0) is 0 Å². The first kappa shape index (κ1) is 15.1. The van der Waals surface area contributed by atoms with Crippen LogP contribution in [0.3, 0.4) is 0 Å². The van der Waals surface area contributed by atoms with E-state index in [0.29, 0.717) is 12.2 Å². The minimum absolute atomic E-state index is 0.262. The van der Waals surface area contributed by atoms with E-state index < -0.39 is 0 Å². The Morgan fingerprint density at radius 2 is 1.60 bits per heavy atom. The molecule has 1 aliphatic rings. The lowest BCUT2D eigenvalue weighted by molar-refractivity contribution is 0.0979. The molecule has 0 aromatic heterocycles. The van der Waals surface area contributed by atoms with Gasteiger partial charge in [0.1, 0.15) is 0 Å². The van der Waals surface area contributed by atoms with Crippen molar-refractivity contribution < 1.29 is 4.79 Å². The summed E-state index contributed by atoms with van der Waals surface area (Å²) in [4.78, 5) is 13.4. The van der Waals surface area contributed by atoms with Gasteiger partial charge in [0, 0.05) is 12.0 Å². The number of carbonyl (C=O) groups is 1. The van der Waals surface area contributed by atoms with Gasteiger partial charge in [-0.3, -0.25) is 4.79 Å². The monoisotopic (exact) mass is 288 g/mol. The van der Waals surface area contributed by atoms with E-state index in [4.69, 9.17) is 0 Å². The molecular formula is C18H24OS. The Morgan fingerprint density at radius 3 is 2.25 bits per heavy atom. The second-order valence-corrected chi connectivity index (χ2v) is 7.15. The van der Waals surface area contributed by atoms with Gasteiger partial charge in [0.15, 0.2) is 5.78 Å². The minimum Gasteiger partial charge on any atom is -0.294 e. The number of carbonyl (C=O) groups excluding carboxylic acids is 1. The Labute approximate surface area is 125 Å². The van der Waals surface area contributed by atoms with Crippen LogP contribution in [0.25, 0.3) is 0 Å². The second kappa shape index (κ2) is 8.11. The predicted molar refractivity (Wildman–Crippen MR) is 89.7 cm³/mol. The van der Waals surface area contributed by atoms with E-state index >= 15 is 0 Å². The molecule has 0 unspecified atom stereocenters.